The summed E-state index contributed by atoms with van der Waals surface area (Å²) in [6, 6.07) is 6.85. The van der Waals surface area contributed by atoms with Gasteiger partial charge in [0.25, 0.3) is 0 Å². The molecule has 0 amide bonds. The van der Waals surface area contributed by atoms with Gasteiger partial charge in [-0.25, -0.2) is 12.1 Å². The van der Waals surface area contributed by atoms with Crippen LogP contribution in [0.25, 0.3) is 0 Å². The van der Waals surface area contributed by atoms with Gasteiger partial charge in [-0.3, -0.25) is 0 Å². The molecule has 0 fully saturated rings. The van der Waals surface area contributed by atoms with Crippen molar-refractivity contribution in [3.05, 3.63) is 48.1 Å². The molecule has 5 heteroatoms. The Hall–Kier alpha value is 0.631. The number of aryl methyl sites for hydroxylation is 1. The zero-order valence-corrected chi connectivity index (χ0v) is 18.7. The Bertz CT molecular complexity index is 443. The average molecular weight is 412 g/mol. The van der Waals surface area contributed by atoms with Gasteiger partial charge in [0.05, 0.1) is 0 Å². The van der Waals surface area contributed by atoms with E-state index in [4.69, 9.17) is 0 Å². The summed E-state index contributed by atoms with van der Waals surface area (Å²) in [5.74, 6) is 0. The summed E-state index contributed by atoms with van der Waals surface area (Å²) in [6.07, 6.45) is 16.1. The molecule has 1 aromatic carbocycles. The van der Waals surface area contributed by atoms with Crippen LogP contribution in [0.15, 0.2) is 42.5 Å². The van der Waals surface area contributed by atoms with E-state index >= 15 is 0 Å². The fraction of sp³-hybridized carbons (Fsp3) is 0.471. The van der Waals surface area contributed by atoms with Crippen LogP contribution >= 0.6 is 0 Å². The molecule has 0 saturated heterocycles. The Morgan fingerprint density at radius 1 is 1.18 bits per heavy atom. The standard InChI is InChI=1S/C17H25Si.3ClH.Ti/c1-3-4-6-12-17(13-7-5-8-14-17)18-16-11-9-10-15(16)2;;;;/h5,7-11,13H,3-4,6,12,14,18H2,1-2H3;3*1H;/q-1;;;;+4/p-3. The molecule has 0 aromatic heterocycles. The van der Waals surface area contributed by atoms with Crippen molar-refractivity contribution in [3.63, 3.8) is 0 Å². The van der Waals surface area contributed by atoms with E-state index in [9.17, 15) is 0 Å². The molecule has 22 heavy (non-hydrogen) atoms. The van der Waals surface area contributed by atoms with Gasteiger partial charge >= 0.3 is 21.7 Å². The van der Waals surface area contributed by atoms with Gasteiger partial charge in [-0.1, -0.05) is 57.4 Å². The van der Waals surface area contributed by atoms with E-state index in [0.717, 1.165) is 0 Å². The number of hydrogen-bond donors (Lipinski definition) is 0. The maximum absolute atomic E-state index is 2.52. The largest absolute Gasteiger partial charge is 4.00 e. The number of allylic oxidation sites excluding steroid dienone is 4. The van der Waals surface area contributed by atoms with Crippen LogP contribution in [-0.2, 0) is 21.7 Å². The number of unbranched alkanes of at least 4 members (excludes halogenated alkanes) is 2. The summed E-state index contributed by atoms with van der Waals surface area (Å²) < 4.78 is 0. The Morgan fingerprint density at radius 3 is 2.41 bits per heavy atom. The normalized spacial score (nSPS) is 19.0. The number of halogens is 3. The molecule has 1 aromatic rings. The van der Waals surface area contributed by atoms with E-state index in [2.05, 4.69) is 56.4 Å². The van der Waals surface area contributed by atoms with Crippen LogP contribution in [0.2, 0.25) is 5.04 Å². The van der Waals surface area contributed by atoms with Crippen LogP contribution in [0, 0.1) is 6.92 Å². The molecule has 122 valence electrons. The Labute approximate surface area is 171 Å². The van der Waals surface area contributed by atoms with E-state index in [0.29, 0.717) is 5.04 Å². The summed E-state index contributed by atoms with van der Waals surface area (Å²) in [7, 11) is -0.217. The molecule has 1 aliphatic rings. The SMILES string of the molecule is CCCCCC1([SiH2][c-]2cccc2C)C=CC=CC1.[Cl-].[Cl-].[Cl-].[Ti+4]. The second-order valence-electron chi connectivity index (χ2n) is 5.72. The summed E-state index contributed by atoms with van der Waals surface area (Å²) in [5, 5.41) is 2.19. The molecule has 1 atom stereocenters. The van der Waals surface area contributed by atoms with E-state index < -0.39 is 0 Å². The molecule has 0 heterocycles. The predicted octanol–water partition coefficient (Wildman–Crippen LogP) is -5.23. The van der Waals surface area contributed by atoms with Gasteiger partial charge in [0.1, 0.15) is 0 Å². The van der Waals surface area contributed by atoms with Gasteiger partial charge in [-0.15, -0.1) is 0 Å². The average Bonchev–Trinajstić information content (AvgIpc) is 2.76. The summed E-state index contributed by atoms with van der Waals surface area (Å²) >= 11 is 0. The summed E-state index contributed by atoms with van der Waals surface area (Å²) in [4.78, 5) is 0. The minimum absolute atomic E-state index is 0. The number of hydrogen-bond acceptors (Lipinski definition) is 0. The van der Waals surface area contributed by atoms with Crippen molar-refractivity contribution in [3.8, 4) is 0 Å². The molecular weight excluding hydrogens is 386 g/mol. The third-order valence-corrected chi connectivity index (χ3v) is 6.95. The number of rotatable bonds is 6. The molecular formula is C17H25Cl3SiTi. The van der Waals surface area contributed by atoms with Crippen molar-refractivity contribution in [2.24, 2.45) is 0 Å². The van der Waals surface area contributed by atoms with Crippen molar-refractivity contribution in [1.82, 2.24) is 0 Å². The predicted molar refractivity (Wildman–Crippen MR) is 84.7 cm³/mol. The van der Waals surface area contributed by atoms with Gasteiger partial charge in [-0.05, 0) is 17.9 Å². The molecule has 1 aliphatic carbocycles. The quantitative estimate of drug-likeness (QED) is 0.249. The van der Waals surface area contributed by atoms with Crippen LogP contribution in [0.1, 0.15) is 44.6 Å². The molecule has 0 N–H and O–H groups in total. The van der Waals surface area contributed by atoms with Crippen molar-refractivity contribution >= 4 is 14.7 Å². The first-order chi connectivity index (χ1) is 8.76. The smallest absolute Gasteiger partial charge is 1.00 e. The molecule has 2 rings (SSSR count). The second-order valence-corrected chi connectivity index (χ2v) is 8.25. The van der Waals surface area contributed by atoms with Gasteiger partial charge in [0, 0.05) is 9.52 Å². The molecule has 0 bridgehead atoms. The van der Waals surface area contributed by atoms with Crippen LogP contribution in [0.3, 0.4) is 0 Å². The van der Waals surface area contributed by atoms with Gasteiger partial charge in [0.2, 0.25) is 0 Å². The molecule has 0 aliphatic heterocycles. The van der Waals surface area contributed by atoms with E-state index in [1.807, 2.05) is 0 Å². The molecule has 0 saturated carbocycles. The zero-order chi connectivity index (χ0) is 12.8. The minimum Gasteiger partial charge on any atom is -1.00 e. The van der Waals surface area contributed by atoms with E-state index in [1.54, 1.807) is 5.19 Å². The Balaban J connectivity index is -0.000000902. The fourth-order valence-electron chi connectivity index (χ4n) is 2.97. The van der Waals surface area contributed by atoms with E-state index in [1.165, 1.54) is 37.7 Å². The van der Waals surface area contributed by atoms with Gasteiger partial charge < -0.3 is 37.2 Å². The third-order valence-electron chi connectivity index (χ3n) is 4.19. The van der Waals surface area contributed by atoms with Crippen molar-refractivity contribution in [1.29, 1.82) is 0 Å². The van der Waals surface area contributed by atoms with Crippen molar-refractivity contribution in [2.45, 2.75) is 51.0 Å². The van der Waals surface area contributed by atoms with E-state index in [-0.39, 0.29) is 68.5 Å². The summed E-state index contributed by atoms with van der Waals surface area (Å²) in [6.45, 7) is 4.56. The fourth-order valence-corrected chi connectivity index (χ4v) is 5.37. The topological polar surface area (TPSA) is 0 Å². The van der Waals surface area contributed by atoms with Crippen LogP contribution < -0.4 is 42.4 Å². The van der Waals surface area contributed by atoms with Crippen molar-refractivity contribution < 1.29 is 58.9 Å². The monoisotopic (exact) mass is 410 g/mol. The Kier molecular flexibility index (Phi) is 17.5. The first-order valence-corrected chi connectivity index (χ1v) is 8.73. The Morgan fingerprint density at radius 2 is 1.91 bits per heavy atom. The van der Waals surface area contributed by atoms with Crippen LogP contribution in [0.5, 0.6) is 0 Å². The minimum atomic E-state index is -0.217. The van der Waals surface area contributed by atoms with Crippen LogP contribution in [0.4, 0.5) is 0 Å². The first kappa shape index (κ1) is 27.5. The molecule has 0 radical (unpaired) electrons. The third kappa shape index (κ3) is 7.95. The maximum atomic E-state index is 2.52. The van der Waals surface area contributed by atoms with Gasteiger partial charge in [0.15, 0.2) is 0 Å². The maximum Gasteiger partial charge on any atom is 4.00 e. The summed E-state index contributed by atoms with van der Waals surface area (Å²) in [5.41, 5.74) is 1.51. The van der Waals surface area contributed by atoms with Gasteiger partial charge in [-0.2, -0.15) is 16.8 Å². The molecule has 1 unspecified atom stereocenters. The molecule has 0 nitrogen and oxygen atoms in total. The second kappa shape index (κ2) is 14.0. The molecule has 0 spiro atoms. The first-order valence-electron chi connectivity index (χ1n) is 7.31. The van der Waals surface area contributed by atoms with Crippen molar-refractivity contribution in [2.75, 3.05) is 0 Å². The van der Waals surface area contributed by atoms with Crippen LogP contribution in [-0.4, -0.2) is 9.52 Å². The zero-order valence-electron chi connectivity index (χ0n) is 13.4.